The molecule has 0 spiro atoms. The largest absolute Gasteiger partial charge is 0.345 e. The molecule has 0 radical (unpaired) electrons. The van der Waals surface area contributed by atoms with Crippen LogP contribution in [0.5, 0.6) is 0 Å². The van der Waals surface area contributed by atoms with Gasteiger partial charge in [0.1, 0.15) is 5.69 Å². The summed E-state index contributed by atoms with van der Waals surface area (Å²) in [7, 11) is 0. The smallest absolute Gasteiger partial charge is 0.277 e. The summed E-state index contributed by atoms with van der Waals surface area (Å²) in [6.45, 7) is -1.65. The van der Waals surface area contributed by atoms with Gasteiger partial charge < -0.3 is 11.1 Å². The summed E-state index contributed by atoms with van der Waals surface area (Å²) in [5.74, 6) is -3.39. The number of pyridine rings is 1. The highest BCUT2D eigenvalue weighted by Crippen LogP contribution is 2.09. The third kappa shape index (κ3) is 3.35. The summed E-state index contributed by atoms with van der Waals surface area (Å²) in [6, 6.07) is 6.39. The van der Waals surface area contributed by atoms with Crippen molar-refractivity contribution in [1.29, 1.82) is 0 Å². The SMILES string of the molecule is NCC(F)(F)CNC(=O)c1cccc(-n2cccn2)n1. The molecule has 0 atom stereocenters. The average molecular weight is 281 g/mol. The van der Waals surface area contributed by atoms with Crippen molar-refractivity contribution in [3.63, 3.8) is 0 Å². The molecule has 6 nitrogen and oxygen atoms in total. The number of amides is 1. The highest BCUT2D eigenvalue weighted by molar-refractivity contribution is 5.92. The van der Waals surface area contributed by atoms with Crippen LogP contribution in [0, 0.1) is 0 Å². The van der Waals surface area contributed by atoms with E-state index in [-0.39, 0.29) is 5.69 Å². The van der Waals surface area contributed by atoms with E-state index < -0.39 is 24.9 Å². The molecule has 8 heteroatoms. The maximum absolute atomic E-state index is 13.0. The molecule has 0 aliphatic carbocycles. The lowest BCUT2D eigenvalue weighted by molar-refractivity contribution is 0.0118. The van der Waals surface area contributed by atoms with Crippen LogP contribution in [-0.4, -0.2) is 39.7 Å². The number of hydrogen-bond acceptors (Lipinski definition) is 4. The first kappa shape index (κ1) is 14.1. The Morgan fingerprint density at radius 2 is 2.20 bits per heavy atom. The minimum absolute atomic E-state index is 0.0332. The van der Waals surface area contributed by atoms with Crippen LogP contribution in [0.25, 0.3) is 5.82 Å². The molecule has 106 valence electrons. The van der Waals surface area contributed by atoms with Crippen molar-refractivity contribution >= 4 is 5.91 Å². The number of nitrogens with two attached hydrogens (primary N) is 1. The van der Waals surface area contributed by atoms with Gasteiger partial charge in [-0.25, -0.2) is 18.4 Å². The van der Waals surface area contributed by atoms with E-state index >= 15 is 0 Å². The molecule has 1 amide bonds. The zero-order chi connectivity index (χ0) is 14.6. The molecule has 0 aromatic carbocycles. The molecule has 3 N–H and O–H groups in total. The minimum atomic E-state index is -3.13. The zero-order valence-electron chi connectivity index (χ0n) is 10.5. The molecule has 0 saturated heterocycles. The lowest BCUT2D eigenvalue weighted by Gasteiger charge is -2.14. The van der Waals surface area contributed by atoms with E-state index in [1.807, 2.05) is 0 Å². The molecule has 0 fully saturated rings. The molecule has 2 aromatic heterocycles. The lowest BCUT2D eigenvalue weighted by atomic mass is 10.3. The number of halogens is 2. The van der Waals surface area contributed by atoms with Gasteiger partial charge in [-0.3, -0.25) is 4.79 Å². The minimum Gasteiger partial charge on any atom is -0.345 e. The number of nitrogens with zero attached hydrogens (tertiary/aromatic N) is 3. The first-order valence-electron chi connectivity index (χ1n) is 5.85. The Bertz CT molecular complexity index is 585. The Morgan fingerprint density at radius 1 is 1.40 bits per heavy atom. The number of carbonyl (C=O) groups excluding carboxylic acids is 1. The maximum atomic E-state index is 13.0. The van der Waals surface area contributed by atoms with Crippen molar-refractivity contribution in [2.45, 2.75) is 5.92 Å². The van der Waals surface area contributed by atoms with Crippen LogP contribution >= 0.6 is 0 Å². The van der Waals surface area contributed by atoms with E-state index in [0.29, 0.717) is 5.82 Å². The van der Waals surface area contributed by atoms with E-state index in [2.05, 4.69) is 15.4 Å². The van der Waals surface area contributed by atoms with Gasteiger partial charge in [0.05, 0.1) is 13.1 Å². The fourth-order valence-corrected chi connectivity index (χ4v) is 1.45. The summed E-state index contributed by atoms with van der Waals surface area (Å²) in [5.41, 5.74) is 4.92. The van der Waals surface area contributed by atoms with Gasteiger partial charge in [0, 0.05) is 12.4 Å². The second-order valence-corrected chi connectivity index (χ2v) is 4.07. The van der Waals surface area contributed by atoms with Crippen molar-refractivity contribution < 1.29 is 13.6 Å². The van der Waals surface area contributed by atoms with Crippen LogP contribution in [0.3, 0.4) is 0 Å². The number of nitrogens with one attached hydrogen (secondary N) is 1. The lowest BCUT2D eigenvalue weighted by Crippen LogP contribution is -2.41. The third-order valence-corrected chi connectivity index (χ3v) is 2.51. The Kier molecular flexibility index (Phi) is 4.04. The van der Waals surface area contributed by atoms with Gasteiger partial charge in [-0.1, -0.05) is 6.07 Å². The normalized spacial score (nSPS) is 11.3. The molecule has 0 aliphatic heterocycles. The molecule has 0 bridgehead atoms. The molecule has 0 unspecified atom stereocenters. The van der Waals surface area contributed by atoms with E-state index in [0.717, 1.165) is 0 Å². The van der Waals surface area contributed by atoms with Gasteiger partial charge in [-0.05, 0) is 18.2 Å². The maximum Gasteiger partial charge on any atom is 0.277 e. The van der Waals surface area contributed by atoms with Crippen LogP contribution in [-0.2, 0) is 0 Å². The van der Waals surface area contributed by atoms with Crippen molar-refractivity contribution in [3.05, 3.63) is 42.4 Å². The molecular formula is C12H13F2N5O. The Labute approximate surface area is 113 Å². The van der Waals surface area contributed by atoms with E-state index in [1.165, 1.54) is 10.7 Å². The predicted octanol–water partition coefficient (Wildman–Crippen LogP) is 0.591. The zero-order valence-corrected chi connectivity index (χ0v) is 10.5. The number of rotatable bonds is 5. The molecule has 2 rings (SSSR count). The molecule has 0 aliphatic rings. The third-order valence-electron chi connectivity index (χ3n) is 2.51. The van der Waals surface area contributed by atoms with E-state index in [1.54, 1.807) is 30.6 Å². The van der Waals surface area contributed by atoms with Gasteiger partial charge in [0.25, 0.3) is 11.8 Å². The highest BCUT2D eigenvalue weighted by Gasteiger charge is 2.27. The number of hydrogen-bond donors (Lipinski definition) is 2. The fraction of sp³-hybridized carbons (Fsp3) is 0.250. The molecular weight excluding hydrogens is 268 g/mol. The van der Waals surface area contributed by atoms with Gasteiger partial charge in [0.2, 0.25) is 0 Å². The van der Waals surface area contributed by atoms with E-state index in [9.17, 15) is 13.6 Å². The van der Waals surface area contributed by atoms with Gasteiger partial charge in [-0.15, -0.1) is 0 Å². The van der Waals surface area contributed by atoms with Crippen LogP contribution in [0.15, 0.2) is 36.7 Å². The van der Waals surface area contributed by atoms with Crippen molar-refractivity contribution in [1.82, 2.24) is 20.1 Å². The second-order valence-electron chi connectivity index (χ2n) is 4.07. The van der Waals surface area contributed by atoms with Crippen LogP contribution in [0.1, 0.15) is 10.5 Å². The summed E-state index contributed by atoms with van der Waals surface area (Å²) in [6.07, 6.45) is 3.23. The number of carbonyl (C=O) groups is 1. The highest BCUT2D eigenvalue weighted by atomic mass is 19.3. The fourth-order valence-electron chi connectivity index (χ4n) is 1.45. The molecule has 2 aromatic rings. The average Bonchev–Trinajstić information content (AvgIpc) is 2.99. The Balaban J connectivity index is 2.09. The molecule has 20 heavy (non-hydrogen) atoms. The van der Waals surface area contributed by atoms with Gasteiger partial charge >= 0.3 is 0 Å². The predicted molar refractivity (Wildman–Crippen MR) is 67.7 cm³/mol. The molecule has 2 heterocycles. The summed E-state index contributed by atoms with van der Waals surface area (Å²) < 4.78 is 27.4. The number of aromatic nitrogens is 3. The summed E-state index contributed by atoms with van der Waals surface area (Å²) >= 11 is 0. The Morgan fingerprint density at radius 3 is 2.85 bits per heavy atom. The van der Waals surface area contributed by atoms with Crippen LogP contribution in [0.4, 0.5) is 8.78 Å². The molecule has 0 saturated carbocycles. The van der Waals surface area contributed by atoms with Crippen LogP contribution < -0.4 is 11.1 Å². The monoisotopic (exact) mass is 281 g/mol. The van der Waals surface area contributed by atoms with Crippen molar-refractivity contribution in [2.75, 3.05) is 13.1 Å². The first-order valence-corrected chi connectivity index (χ1v) is 5.85. The van der Waals surface area contributed by atoms with Crippen molar-refractivity contribution in [3.8, 4) is 5.82 Å². The number of alkyl halides is 2. The van der Waals surface area contributed by atoms with Gasteiger partial charge in [0.15, 0.2) is 5.82 Å². The topological polar surface area (TPSA) is 85.8 Å². The quantitative estimate of drug-likeness (QED) is 0.840. The van der Waals surface area contributed by atoms with Gasteiger partial charge in [-0.2, -0.15) is 5.10 Å². The standard InChI is InChI=1S/C12H13F2N5O/c13-12(14,7-15)8-16-11(20)9-3-1-4-10(18-9)19-6-2-5-17-19/h1-6H,7-8,15H2,(H,16,20). The Hall–Kier alpha value is -2.35. The second kappa shape index (κ2) is 5.74. The summed E-state index contributed by atoms with van der Waals surface area (Å²) in [5, 5.41) is 6.07. The summed E-state index contributed by atoms with van der Waals surface area (Å²) in [4.78, 5) is 15.8. The van der Waals surface area contributed by atoms with Crippen molar-refractivity contribution in [2.24, 2.45) is 5.73 Å². The first-order chi connectivity index (χ1) is 9.52. The van der Waals surface area contributed by atoms with Crippen LogP contribution in [0.2, 0.25) is 0 Å². The van der Waals surface area contributed by atoms with E-state index in [4.69, 9.17) is 5.73 Å².